The van der Waals surface area contributed by atoms with Gasteiger partial charge in [0.25, 0.3) is 5.56 Å². The summed E-state index contributed by atoms with van der Waals surface area (Å²) < 4.78 is 23.6. The summed E-state index contributed by atoms with van der Waals surface area (Å²) in [5.41, 5.74) is 0.874. The largest absolute Gasteiger partial charge is 0.462 e. The first-order valence-electron chi connectivity index (χ1n) is 12.2. The van der Waals surface area contributed by atoms with E-state index in [1.807, 2.05) is 13.8 Å². The summed E-state index contributed by atoms with van der Waals surface area (Å²) >= 11 is 0. The number of ether oxygens (including phenoxy) is 4. The zero-order valence-electron chi connectivity index (χ0n) is 23.2. The number of carbonyl (C=O) groups excluding carboxylic acids is 4. The van der Waals surface area contributed by atoms with Gasteiger partial charge in [-0.2, -0.15) is 4.98 Å². The van der Waals surface area contributed by atoms with E-state index in [0.29, 0.717) is 11.0 Å². The van der Waals surface area contributed by atoms with Crippen molar-refractivity contribution < 1.29 is 38.1 Å². The van der Waals surface area contributed by atoms with Crippen LogP contribution in [0.25, 0.3) is 22.6 Å². The predicted molar refractivity (Wildman–Crippen MR) is 138 cm³/mol. The Morgan fingerprint density at radius 1 is 0.825 bits per heavy atom. The molecule has 1 aromatic rings. The highest BCUT2D eigenvalue weighted by Crippen LogP contribution is 2.26. The molecule has 0 saturated carbocycles. The van der Waals surface area contributed by atoms with Gasteiger partial charge in [-0.25, -0.2) is 9.78 Å². The normalized spacial score (nSPS) is 13.4. The quantitative estimate of drug-likeness (QED) is 0.203. The van der Waals surface area contributed by atoms with Crippen LogP contribution >= 0.6 is 0 Å². The molecule has 14 heteroatoms. The van der Waals surface area contributed by atoms with Gasteiger partial charge < -0.3 is 23.5 Å². The van der Waals surface area contributed by atoms with Crippen LogP contribution in [0.4, 0.5) is 0 Å². The molecule has 0 amide bonds. The maximum absolute atomic E-state index is 13.0. The lowest BCUT2D eigenvalue weighted by Crippen LogP contribution is -2.49. The van der Waals surface area contributed by atoms with E-state index in [0.717, 1.165) is 43.4 Å². The van der Waals surface area contributed by atoms with Crippen LogP contribution in [-0.2, 0) is 51.7 Å². The van der Waals surface area contributed by atoms with Crippen molar-refractivity contribution in [2.24, 2.45) is 7.05 Å². The van der Waals surface area contributed by atoms with Crippen molar-refractivity contribution in [1.82, 2.24) is 19.1 Å². The highest BCUT2D eigenvalue weighted by Gasteiger charge is 2.39. The van der Waals surface area contributed by atoms with Gasteiger partial charge in [-0.3, -0.25) is 28.5 Å². The van der Waals surface area contributed by atoms with Crippen molar-refractivity contribution in [2.45, 2.75) is 66.4 Å². The number of hydrogen-bond acceptors (Lipinski definition) is 12. The van der Waals surface area contributed by atoms with Crippen molar-refractivity contribution in [2.75, 3.05) is 6.61 Å². The molecule has 2 aliphatic heterocycles. The standard InChI is InChI=1S/C26H30N4O10/c1-12-8-18-19(9-13(12)2)30(24-22(27-18)25(35)29(7)26(36)28-24)10-20(38-15(4)32)23(40-17(6)34)21(39-16(5)33)11-37-14(3)31/h8-9,20-21,23H,10-11H2,1-7H3/t20-,21+,23-/m0/s1. The minimum atomic E-state index is -1.47. The van der Waals surface area contributed by atoms with Crippen LogP contribution < -0.4 is 11.2 Å². The summed E-state index contributed by atoms with van der Waals surface area (Å²) in [6.45, 7) is 7.32. The second-order valence-corrected chi connectivity index (χ2v) is 9.25. The van der Waals surface area contributed by atoms with Gasteiger partial charge in [0, 0.05) is 34.7 Å². The predicted octanol–water partition coefficient (Wildman–Crippen LogP) is 0.570. The van der Waals surface area contributed by atoms with Gasteiger partial charge >= 0.3 is 29.6 Å². The molecule has 3 atom stereocenters. The summed E-state index contributed by atoms with van der Waals surface area (Å²) in [7, 11) is 1.27. The molecule has 2 aliphatic rings. The molecule has 0 aromatic heterocycles. The third kappa shape index (κ3) is 6.68. The highest BCUT2D eigenvalue weighted by molar-refractivity contribution is 5.81. The number of aromatic nitrogens is 4. The van der Waals surface area contributed by atoms with Gasteiger partial charge in [0.05, 0.1) is 17.6 Å². The van der Waals surface area contributed by atoms with E-state index in [-0.39, 0.29) is 18.1 Å². The summed E-state index contributed by atoms with van der Waals surface area (Å²) in [5.74, 6) is -3.17. The zero-order chi connectivity index (χ0) is 29.9. The molecule has 40 heavy (non-hydrogen) atoms. The molecule has 0 saturated heterocycles. The molecule has 0 N–H and O–H groups in total. The number of aryl methyl sites for hydroxylation is 2. The molecule has 0 fully saturated rings. The Morgan fingerprint density at radius 3 is 1.98 bits per heavy atom. The molecule has 0 bridgehead atoms. The lowest BCUT2D eigenvalue weighted by atomic mass is 10.1. The number of nitrogens with zero attached hydrogens (tertiary/aromatic N) is 4. The minimum absolute atomic E-state index is 0.105. The first kappa shape index (κ1) is 29.9. The van der Waals surface area contributed by atoms with Crippen LogP contribution in [0.2, 0.25) is 0 Å². The van der Waals surface area contributed by atoms with Crippen LogP contribution in [0.5, 0.6) is 0 Å². The average molecular weight is 559 g/mol. The maximum Gasteiger partial charge on any atom is 0.352 e. The lowest BCUT2D eigenvalue weighted by molar-refractivity contribution is -0.190. The van der Waals surface area contributed by atoms with E-state index in [9.17, 15) is 28.8 Å². The first-order valence-corrected chi connectivity index (χ1v) is 12.2. The maximum atomic E-state index is 13.0. The van der Waals surface area contributed by atoms with Crippen LogP contribution in [0.15, 0.2) is 21.7 Å². The second-order valence-electron chi connectivity index (χ2n) is 9.25. The fourth-order valence-corrected chi connectivity index (χ4v) is 4.15. The number of esters is 4. The molecule has 0 aliphatic carbocycles. The van der Waals surface area contributed by atoms with E-state index >= 15 is 0 Å². The fourth-order valence-electron chi connectivity index (χ4n) is 4.15. The molecule has 1 aromatic carbocycles. The van der Waals surface area contributed by atoms with Crippen molar-refractivity contribution in [3.63, 3.8) is 0 Å². The third-order valence-corrected chi connectivity index (χ3v) is 6.06. The molecular weight excluding hydrogens is 528 g/mol. The molecular formula is C26H30N4O10. The van der Waals surface area contributed by atoms with Gasteiger partial charge in [0.2, 0.25) is 0 Å². The zero-order valence-corrected chi connectivity index (χ0v) is 23.2. The first-order chi connectivity index (χ1) is 18.7. The Hall–Kier alpha value is -4.62. The van der Waals surface area contributed by atoms with Crippen LogP contribution in [0.3, 0.4) is 0 Å². The third-order valence-electron chi connectivity index (χ3n) is 6.06. The number of rotatable bonds is 9. The molecule has 0 radical (unpaired) electrons. The Kier molecular flexibility index (Phi) is 9.02. The molecule has 0 spiro atoms. The Balaban J connectivity index is 2.31. The lowest BCUT2D eigenvalue weighted by Gasteiger charge is -2.32. The summed E-state index contributed by atoms with van der Waals surface area (Å²) in [4.78, 5) is 81.8. The van der Waals surface area contributed by atoms with Gasteiger partial charge in [-0.1, -0.05) is 0 Å². The van der Waals surface area contributed by atoms with E-state index in [4.69, 9.17) is 18.9 Å². The summed E-state index contributed by atoms with van der Waals surface area (Å²) in [5, 5.41) is 0. The molecule has 214 valence electrons. The number of hydrogen-bond donors (Lipinski definition) is 0. The monoisotopic (exact) mass is 558 g/mol. The topological polar surface area (TPSA) is 175 Å². The summed E-state index contributed by atoms with van der Waals surface area (Å²) in [6, 6.07) is 3.51. The van der Waals surface area contributed by atoms with Gasteiger partial charge in [0.15, 0.2) is 29.8 Å². The highest BCUT2D eigenvalue weighted by atomic mass is 16.6. The summed E-state index contributed by atoms with van der Waals surface area (Å²) in [6.07, 6.45) is -4.22. The average Bonchev–Trinajstić information content (AvgIpc) is 2.84. The van der Waals surface area contributed by atoms with Crippen molar-refractivity contribution in [3.8, 4) is 11.5 Å². The van der Waals surface area contributed by atoms with E-state index in [1.165, 1.54) is 11.6 Å². The van der Waals surface area contributed by atoms with Crippen LogP contribution in [0.1, 0.15) is 38.8 Å². The van der Waals surface area contributed by atoms with E-state index in [2.05, 4.69) is 9.97 Å². The number of carbonyl (C=O) groups is 4. The van der Waals surface area contributed by atoms with Gasteiger partial charge in [0.1, 0.15) is 6.61 Å². The van der Waals surface area contributed by atoms with Gasteiger partial charge in [-0.15, -0.1) is 0 Å². The van der Waals surface area contributed by atoms with Crippen LogP contribution in [0, 0.1) is 13.8 Å². The second kappa shape index (κ2) is 12.1. The van der Waals surface area contributed by atoms with E-state index < -0.39 is 60.0 Å². The number of benzene rings is 1. The molecule has 2 heterocycles. The fraction of sp³-hybridized carbons (Fsp3) is 0.462. The van der Waals surface area contributed by atoms with E-state index in [1.54, 1.807) is 12.1 Å². The number of fused-ring (bicyclic) bond motifs is 2. The smallest absolute Gasteiger partial charge is 0.352 e. The Morgan fingerprint density at radius 2 is 1.40 bits per heavy atom. The Bertz CT molecular complexity index is 1570. The molecule has 14 nitrogen and oxygen atoms in total. The van der Waals surface area contributed by atoms with Crippen molar-refractivity contribution in [3.05, 3.63) is 44.1 Å². The van der Waals surface area contributed by atoms with Gasteiger partial charge in [-0.05, 0) is 37.1 Å². The van der Waals surface area contributed by atoms with Crippen molar-refractivity contribution >= 4 is 34.9 Å². The SMILES string of the molecule is CC(=O)OC[C@@H](OC(C)=O)[C@@H](OC(C)=O)[C@H](Cn1c2nc(=O)n(C)c(=O)c-2nc2cc(C)c(C)cc21)OC(C)=O. The molecule has 3 rings (SSSR count). The molecule has 0 unspecified atom stereocenters. The minimum Gasteiger partial charge on any atom is -0.462 e. The van der Waals surface area contributed by atoms with Crippen molar-refractivity contribution in [1.29, 1.82) is 0 Å². The Labute approximate surface area is 228 Å². The van der Waals surface area contributed by atoms with Crippen LogP contribution in [-0.4, -0.2) is 67.9 Å².